The lowest BCUT2D eigenvalue weighted by Crippen LogP contribution is -2.24. The van der Waals surface area contributed by atoms with E-state index in [0.717, 1.165) is 18.6 Å². The number of benzene rings is 2. The first kappa shape index (κ1) is 16.1. The van der Waals surface area contributed by atoms with Crippen molar-refractivity contribution in [2.24, 2.45) is 0 Å². The summed E-state index contributed by atoms with van der Waals surface area (Å²) in [7, 11) is 1.61. The number of hydrogen-bond acceptors (Lipinski definition) is 2. The minimum atomic E-state index is -0.0386. The van der Waals surface area contributed by atoms with Gasteiger partial charge in [-0.2, -0.15) is 0 Å². The quantitative estimate of drug-likeness (QED) is 0.826. The summed E-state index contributed by atoms with van der Waals surface area (Å²) in [6.45, 7) is 4.92. The van der Waals surface area contributed by atoms with Gasteiger partial charge in [-0.05, 0) is 62.1 Å². The molecule has 2 aromatic carbocycles. The van der Waals surface area contributed by atoms with Crippen molar-refractivity contribution in [3.63, 3.8) is 0 Å². The van der Waals surface area contributed by atoms with Crippen LogP contribution in [0.2, 0.25) is 0 Å². The van der Waals surface area contributed by atoms with Gasteiger partial charge in [0.1, 0.15) is 5.75 Å². The summed E-state index contributed by atoms with van der Waals surface area (Å²) in [5.74, 6) is 0.717. The van der Waals surface area contributed by atoms with Crippen LogP contribution in [0.25, 0.3) is 0 Å². The number of amides is 1. The Morgan fingerprint density at radius 1 is 1.09 bits per heavy atom. The zero-order chi connectivity index (χ0) is 15.9. The average Bonchev–Trinajstić information content (AvgIpc) is 2.53. The van der Waals surface area contributed by atoms with Crippen LogP contribution in [0.1, 0.15) is 33.5 Å². The van der Waals surface area contributed by atoms with Crippen LogP contribution in [-0.4, -0.2) is 19.6 Å². The molecule has 1 amide bonds. The maximum atomic E-state index is 12.0. The molecule has 2 rings (SSSR count). The smallest absolute Gasteiger partial charge is 0.251 e. The molecule has 116 valence electrons. The average molecular weight is 297 g/mol. The zero-order valence-electron chi connectivity index (χ0n) is 13.5. The van der Waals surface area contributed by atoms with Crippen LogP contribution in [0.4, 0.5) is 0 Å². The van der Waals surface area contributed by atoms with Crippen LogP contribution in [0, 0.1) is 13.8 Å². The van der Waals surface area contributed by atoms with E-state index in [1.54, 1.807) is 31.4 Å². The lowest BCUT2D eigenvalue weighted by Gasteiger charge is -2.08. The number of rotatable bonds is 6. The summed E-state index contributed by atoms with van der Waals surface area (Å²) in [6, 6.07) is 13.7. The van der Waals surface area contributed by atoms with Crippen LogP contribution in [0.5, 0.6) is 5.75 Å². The van der Waals surface area contributed by atoms with Crippen molar-refractivity contribution in [3.8, 4) is 5.75 Å². The summed E-state index contributed by atoms with van der Waals surface area (Å²) < 4.78 is 5.08. The van der Waals surface area contributed by atoms with E-state index in [1.165, 1.54) is 16.7 Å². The molecular formula is C19H23NO2. The van der Waals surface area contributed by atoms with Crippen LogP contribution in [0.15, 0.2) is 42.5 Å². The Labute approximate surface area is 132 Å². The molecule has 0 heterocycles. The molecule has 0 radical (unpaired) electrons. The van der Waals surface area contributed by atoms with E-state index in [2.05, 4.69) is 37.4 Å². The fourth-order valence-corrected chi connectivity index (χ4v) is 2.45. The van der Waals surface area contributed by atoms with Crippen molar-refractivity contribution in [2.45, 2.75) is 26.7 Å². The number of carbonyl (C=O) groups excluding carboxylic acids is 1. The summed E-state index contributed by atoms with van der Waals surface area (Å²) in [6.07, 6.45) is 1.92. The maximum absolute atomic E-state index is 12.0. The molecule has 0 saturated heterocycles. The number of hydrogen-bond donors (Lipinski definition) is 1. The number of methoxy groups -OCH3 is 1. The van der Waals surface area contributed by atoms with Gasteiger partial charge in [0.25, 0.3) is 5.91 Å². The molecule has 0 fully saturated rings. The van der Waals surface area contributed by atoms with Crippen molar-refractivity contribution in [3.05, 3.63) is 64.7 Å². The summed E-state index contributed by atoms with van der Waals surface area (Å²) in [5.41, 5.74) is 4.62. The van der Waals surface area contributed by atoms with Gasteiger partial charge in [-0.25, -0.2) is 0 Å². The van der Waals surface area contributed by atoms with Crippen molar-refractivity contribution in [2.75, 3.05) is 13.7 Å². The van der Waals surface area contributed by atoms with E-state index >= 15 is 0 Å². The summed E-state index contributed by atoms with van der Waals surface area (Å²) in [4.78, 5) is 12.0. The molecule has 3 heteroatoms. The number of ether oxygens (including phenoxy) is 1. The topological polar surface area (TPSA) is 38.3 Å². The SMILES string of the molecule is COc1ccc(C(=O)NCCCc2ccc(C)cc2C)cc1. The van der Waals surface area contributed by atoms with Crippen LogP contribution in [-0.2, 0) is 6.42 Å². The van der Waals surface area contributed by atoms with Gasteiger partial charge >= 0.3 is 0 Å². The first-order valence-corrected chi connectivity index (χ1v) is 7.58. The predicted octanol–water partition coefficient (Wildman–Crippen LogP) is 3.67. The van der Waals surface area contributed by atoms with E-state index < -0.39 is 0 Å². The Hall–Kier alpha value is -2.29. The highest BCUT2D eigenvalue weighted by atomic mass is 16.5. The molecule has 0 aromatic heterocycles. The Morgan fingerprint density at radius 3 is 2.45 bits per heavy atom. The van der Waals surface area contributed by atoms with Gasteiger partial charge in [-0.1, -0.05) is 23.8 Å². The highest BCUT2D eigenvalue weighted by Crippen LogP contribution is 2.13. The molecule has 2 aromatic rings. The number of nitrogens with one attached hydrogen (secondary N) is 1. The zero-order valence-corrected chi connectivity index (χ0v) is 13.5. The molecular weight excluding hydrogens is 274 g/mol. The van der Waals surface area contributed by atoms with Crippen molar-refractivity contribution in [1.82, 2.24) is 5.32 Å². The standard InChI is InChI=1S/C19H23NO2/c1-14-6-7-16(15(2)13-14)5-4-12-20-19(21)17-8-10-18(22-3)11-9-17/h6-11,13H,4-5,12H2,1-3H3,(H,20,21). The molecule has 22 heavy (non-hydrogen) atoms. The van der Waals surface area contributed by atoms with Gasteiger partial charge in [-0.15, -0.1) is 0 Å². The number of aryl methyl sites for hydroxylation is 3. The van der Waals surface area contributed by atoms with Crippen molar-refractivity contribution < 1.29 is 9.53 Å². The fraction of sp³-hybridized carbons (Fsp3) is 0.316. The largest absolute Gasteiger partial charge is 0.497 e. The number of carbonyl (C=O) groups is 1. The van der Waals surface area contributed by atoms with Crippen molar-refractivity contribution >= 4 is 5.91 Å². The minimum absolute atomic E-state index is 0.0386. The second-order valence-electron chi connectivity index (χ2n) is 5.52. The van der Waals surface area contributed by atoms with E-state index in [4.69, 9.17) is 4.74 Å². The molecule has 0 aliphatic heterocycles. The van der Waals surface area contributed by atoms with Gasteiger partial charge in [-0.3, -0.25) is 4.79 Å². The Bertz CT molecular complexity index is 632. The Balaban J connectivity index is 1.79. The highest BCUT2D eigenvalue weighted by Gasteiger charge is 2.05. The van der Waals surface area contributed by atoms with Gasteiger partial charge < -0.3 is 10.1 Å². The molecule has 3 nitrogen and oxygen atoms in total. The molecule has 0 aliphatic carbocycles. The molecule has 0 bridgehead atoms. The van der Waals surface area contributed by atoms with Gasteiger partial charge in [0, 0.05) is 12.1 Å². The van der Waals surface area contributed by atoms with Crippen LogP contribution in [0.3, 0.4) is 0 Å². The third-order valence-corrected chi connectivity index (χ3v) is 3.76. The third kappa shape index (κ3) is 4.35. The first-order valence-electron chi connectivity index (χ1n) is 7.58. The van der Waals surface area contributed by atoms with Crippen molar-refractivity contribution in [1.29, 1.82) is 0 Å². The second-order valence-corrected chi connectivity index (χ2v) is 5.52. The van der Waals surface area contributed by atoms with Crippen LogP contribution >= 0.6 is 0 Å². The molecule has 1 N–H and O–H groups in total. The van der Waals surface area contributed by atoms with Gasteiger partial charge in [0.2, 0.25) is 0 Å². The van der Waals surface area contributed by atoms with E-state index in [9.17, 15) is 4.79 Å². The molecule has 0 spiro atoms. The monoisotopic (exact) mass is 297 g/mol. The predicted molar refractivity (Wildman–Crippen MR) is 89.6 cm³/mol. The first-order chi connectivity index (χ1) is 10.6. The van der Waals surface area contributed by atoms with E-state index in [0.29, 0.717) is 12.1 Å². The summed E-state index contributed by atoms with van der Waals surface area (Å²) >= 11 is 0. The third-order valence-electron chi connectivity index (χ3n) is 3.76. The minimum Gasteiger partial charge on any atom is -0.497 e. The molecule has 0 unspecified atom stereocenters. The molecule has 0 saturated carbocycles. The fourth-order valence-electron chi connectivity index (χ4n) is 2.45. The Kier molecular flexibility index (Phi) is 5.59. The maximum Gasteiger partial charge on any atom is 0.251 e. The summed E-state index contributed by atoms with van der Waals surface area (Å²) in [5, 5.41) is 2.96. The van der Waals surface area contributed by atoms with Gasteiger partial charge in [0.05, 0.1) is 7.11 Å². The second kappa shape index (κ2) is 7.64. The lowest BCUT2D eigenvalue weighted by atomic mass is 10.0. The highest BCUT2D eigenvalue weighted by molar-refractivity contribution is 5.94. The van der Waals surface area contributed by atoms with E-state index in [-0.39, 0.29) is 5.91 Å². The normalized spacial score (nSPS) is 10.3. The van der Waals surface area contributed by atoms with Crippen LogP contribution < -0.4 is 10.1 Å². The van der Waals surface area contributed by atoms with Gasteiger partial charge in [0.15, 0.2) is 0 Å². The van der Waals surface area contributed by atoms with E-state index in [1.807, 2.05) is 0 Å². The lowest BCUT2D eigenvalue weighted by molar-refractivity contribution is 0.0953. The Morgan fingerprint density at radius 2 is 1.82 bits per heavy atom. The molecule has 0 atom stereocenters. The molecule has 0 aliphatic rings.